The molecule has 0 aliphatic heterocycles. The first-order valence-corrected chi connectivity index (χ1v) is 24.9. The molecule has 0 spiro atoms. The van der Waals surface area contributed by atoms with E-state index in [-0.39, 0.29) is 0 Å². The van der Waals surface area contributed by atoms with Crippen LogP contribution in [0, 0.1) is 0 Å². The fourth-order valence-electron chi connectivity index (χ4n) is 11.9. The van der Waals surface area contributed by atoms with Crippen LogP contribution in [0.4, 0.5) is 0 Å². The molecule has 2 heteroatoms. The van der Waals surface area contributed by atoms with Crippen molar-refractivity contribution in [2.45, 2.75) is 0 Å². The van der Waals surface area contributed by atoms with Crippen LogP contribution in [0.1, 0.15) is 0 Å². The van der Waals surface area contributed by atoms with Gasteiger partial charge in [-0.1, -0.05) is 206 Å². The largest absolute Gasteiger partial charge is 0.309 e. The number of para-hydroxylation sites is 4. The topological polar surface area (TPSA) is 9.86 Å². The average Bonchev–Trinajstić information content (AvgIpc) is 3.97. The fourth-order valence-corrected chi connectivity index (χ4v) is 11.9. The van der Waals surface area contributed by atoms with Crippen LogP contribution >= 0.6 is 0 Å². The van der Waals surface area contributed by atoms with Gasteiger partial charge in [0.1, 0.15) is 0 Å². The first kappa shape index (κ1) is 40.4. The van der Waals surface area contributed by atoms with E-state index in [2.05, 4.69) is 276 Å². The summed E-state index contributed by atoms with van der Waals surface area (Å²) < 4.78 is 4.90. The summed E-state index contributed by atoms with van der Waals surface area (Å²) >= 11 is 0. The molecule has 0 amide bonds. The second-order valence-corrected chi connectivity index (χ2v) is 19.2. The van der Waals surface area contributed by atoms with E-state index in [1.54, 1.807) is 0 Å². The van der Waals surface area contributed by atoms with Crippen LogP contribution in [-0.4, -0.2) is 9.13 Å². The summed E-state index contributed by atoms with van der Waals surface area (Å²) in [5.41, 5.74) is 16.7. The molecular weight excluding hydrogens is 869 g/mol. The third kappa shape index (κ3) is 6.29. The van der Waals surface area contributed by atoms with E-state index in [1.807, 2.05) is 0 Å². The van der Waals surface area contributed by atoms with Gasteiger partial charge in [0.15, 0.2) is 0 Å². The van der Waals surface area contributed by atoms with E-state index in [4.69, 9.17) is 0 Å². The number of benzene rings is 13. The predicted molar refractivity (Wildman–Crippen MR) is 307 cm³/mol. The summed E-state index contributed by atoms with van der Waals surface area (Å²) in [4.78, 5) is 0. The zero-order valence-electron chi connectivity index (χ0n) is 39.3. The molecule has 15 rings (SSSR count). The first-order valence-electron chi connectivity index (χ1n) is 24.9. The minimum Gasteiger partial charge on any atom is -0.309 e. The highest BCUT2D eigenvalue weighted by Gasteiger charge is 2.22. The Morgan fingerprint density at radius 3 is 0.861 bits per heavy atom. The molecule has 0 N–H and O–H groups in total. The molecule has 13 aromatic carbocycles. The van der Waals surface area contributed by atoms with Crippen molar-refractivity contribution < 1.29 is 0 Å². The van der Waals surface area contributed by atoms with Crippen LogP contribution < -0.4 is 0 Å². The molecule has 0 saturated heterocycles. The fraction of sp³-hybridized carbons (Fsp3) is 0. The third-order valence-electron chi connectivity index (χ3n) is 15.3. The van der Waals surface area contributed by atoms with Crippen molar-refractivity contribution in [2.75, 3.05) is 0 Å². The summed E-state index contributed by atoms with van der Waals surface area (Å²) in [6, 6.07) is 99.0. The molecule has 0 saturated carbocycles. The molecule has 0 aliphatic rings. The van der Waals surface area contributed by atoms with Crippen LogP contribution in [0.15, 0.2) is 267 Å². The molecule has 0 unspecified atom stereocenters. The minimum absolute atomic E-state index is 1.13. The predicted octanol–water partition coefficient (Wildman–Crippen LogP) is 19.2. The molecule has 2 aromatic heterocycles. The van der Waals surface area contributed by atoms with E-state index in [0.29, 0.717) is 0 Å². The Bertz CT molecular complexity index is 4260. The first-order chi connectivity index (χ1) is 35.7. The van der Waals surface area contributed by atoms with Crippen molar-refractivity contribution in [3.8, 4) is 55.9 Å². The molecular formula is C70H44N2. The second kappa shape index (κ2) is 16.0. The standard InChI is InChI=1S/C70H44N2/c1-3-15-51-41-53(35-29-45(51)13-1)47-25-31-49(32-26-47)69-61-39-37-56(72-67-23-11-7-19-59(67)60-20-8-12-24-68(60)72)44-64(61)70(50-33-27-48(28-34-50)54-36-30-46-14-2-4-16-52(46)42-54)62-40-38-55(43-63(62)69)71-65-21-9-5-17-57(65)58-18-6-10-22-66(58)71/h1-44H. The molecule has 0 fully saturated rings. The van der Waals surface area contributed by atoms with Gasteiger partial charge < -0.3 is 9.13 Å². The van der Waals surface area contributed by atoms with E-state index in [9.17, 15) is 0 Å². The maximum Gasteiger partial charge on any atom is 0.0541 e. The lowest BCUT2D eigenvalue weighted by atomic mass is 9.85. The summed E-state index contributed by atoms with van der Waals surface area (Å²) in [5, 5.41) is 14.8. The van der Waals surface area contributed by atoms with Gasteiger partial charge in [0.25, 0.3) is 0 Å². The SMILES string of the molecule is c1ccc2cc(-c3ccc(-c4c5ccc(-n6c7ccccc7c7ccccc76)cc5c(-c5ccc(-c6ccc7ccccc7c6)cc5)c5ccc(-n6c7ccccc7c7ccccc76)cc45)cc3)ccc2c1. The number of aromatic nitrogens is 2. The van der Waals surface area contributed by atoms with Crippen molar-refractivity contribution >= 4 is 86.7 Å². The third-order valence-corrected chi connectivity index (χ3v) is 15.3. The van der Waals surface area contributed by atoms with Crippen LogP contribution in [-0.2, 0) is 0 Å². The summed E-state index contributed by atoms with van der Waals surface area (Å²) in [6.07, 6.45) is 0. The van der Waals surface area contributed by atoms with Crippen molar-refractivity contribution in [1.82, 2.24) is 9.13 Å². The molecule has 0 radical (unpaired) electrons. The van der Waals surface area contributed by atoms with Crippen molar-refractivity contribution in [1.29, 1.82) is 0 Å². The number of rotatable bonds is 6. The summed E-state index contributed by atoms with van der Waals surface area (Å²) in [7, 11) is 0. The zero-order valence-corrected chi connectivity index (χ0v) is 39.3. The summed E-state index contributed by atoms with van der Waals surface area (Å²) in [6.45, 7) is 0. The van der Waals surface area contributed by atoms with Gasteiger partial charge in [0.05, 0.1) is 22.1 Å². The lowest BCUT2D eigenvalue weighted by molar-refractivity contribution is 1.18. The molecule has 334 valence electrons. The van der Waals surface area contributed by atoms with Gasteiger partial charge in [-0.05, 0) is 148 Å². The lowest BCUT2D eigenvalue weighted by Gasteiger charge is -2.21. The van der Waals surface area contributed by atoms with Crippen molar-refractivity contribution in [2.24, 2.45) is 0 Å². The second-order valence-electron chi connectivity index (χ2n) is 19.2. The molecule has 2 nitrogen and oxygen atoms in total. The maximum atomic E-state index is 2.45. The maximum absolute atomic E-state index is 2.45. The lowest BCUT2D eigenvalue weighted by Crippen LogP contribution is -1.98. The van der Waals surface area contributed by atoms with Gasteiger partial charge >= 0.3 is 0 Å². The van der Waals surface area contributed by atoms with Crippen LogP contribution in [0.3, 0.4) is 0 Å². The molecule has 72 heavy (non-hydrogen) atoms. The van der Waals surface area contributed by atoms with Crippen LogP contribution in [0.5, 0.6) is 0 Å². The Hall–Kier alpha value is -9.50. The quantitative estimate of drug-likeness (QED) is 0.147. The van der Waals surface area contributed by atoms with Gasteiger partial charge in [0, 0.05) is 32.9 Å². The molecule has 2 heterocycles. The summed E-state index contributed by atoms with van der Waals surface area (Å²) in [5.74, 6) is 0. The zero-order chi connectivity index (χ0) is 47.3. The Morgan fingerprint density at radius 1 is 0.181 bits per heavy atom. The minimum atomic E-state index is 1.13. The molecule has 0 aliphatic carbocycles. The number of fused-ring (bicyclic) bond motifs is 10. The number of nitrogens with zero attached hydrogens (tertiary/aromatic N) is 2. The van der Waals surface area contributed by atoms with Gasteiger partial charge in [-0.25, -0.2) is 0 Å². The van der Waals surface area contributed by atoms with E-state index in [0.717, 1.165) is 11.4 Å². The Morgan fingerprint density at radius 2 is 0.486 bits per heavy atom. The Labute approximate surface area is 416 Å². The Kier molecular flexibility index (Phi) is 8.99. The van der Waals surface area contributed by atoms with Crippen LogP contribution in [0.25, 0.3) is 143 Å². The van der Waals surface area contributed by atoms with E-state index >= 15 is 0 Å². The average molecular weight is 913 g/mol. The van der Waals surface area contributed by atoms with Gasteiger partial charge in [-0.15, -0.1) is 0 Å². The molecule has 0 atom stereocenters. The molecule has 15 aromatic rings. The highest BCUT2D eigenvalue weighted by molar-refractivity contribution is 6.23. The number of hydrogen-bond acceptors (Lipinski definition) is 0. The smallest absolute Gasteiger partial charge is 0.0541 e. The number of hydrogen-bond donors (Lipinski definition) is 0. The normalized spacial score (nSPS) is 11.9. The highest BCUT2D eigenvalue weighted by atomic mass is 15.0. The van der Waals surface area contributed by atoms with Gasteiger partial charge in [-0.3, -0.25) is 0 Å². The molecule has 0 bridgehead atoms. The van der Waals surface area contributed by atoms with E-state index in [1.165, 1.54) is 131 Å². The van der Waals surface area contributed by atoms with Gasteiger partial charge in [-0.2, -0.15) is 0 Å². The monoisotopic (exact) mass is 912 g/mol. The van der Waals surface area contributed by atoms with E-state index < -0.39 is 0 Å². The van der Waals surface area contributed by atoms with Crippen molar-refractivity contribution in [3.63, 3.8) is 0 Å². The van der Waals surface area contributed by atoms with Crippen molar-refractivity contribution in [3.05, 3.63) is 267 Å². The van der Waals surface area contributed by atoms with Crippen LogP contribution in [0.2, 0.25) is 0 Å². The van der Waals surface area contributed by atoms with Gasteiger partial charge in [0.2, 0.25) is 0 Å². The highest BCUT2D eigenvalue weighted by Crippen LogP contribution is 2.47. The Balaban J connectivity index is 1.02.